The molecule has 0 bridgehead atoms. The van der Waals surface area contributed by atoms with Gasteiger partial charge in [0.1, 0.15) is 0 Å². The number of fused-ring (bicyclic) bond motifs is 1. The molecule has 6 rings (SSSR count). The quantitative estimate of drug-likeness (QED) is 0.303. The van der Waals surface area contributed by atoms with E-state index in [4.69, 9.17) is 19.3 Å². The van der Waals surface area contributed by atoms with E-state index in [0.717, 1.165) is 16.8 Å². The second-order valence-electron chi connectivity index (χ2n) is 8.62. The summed E-state index contributed by atoms with van der Waals surface area (Å²) in [5.41, 5.74) is 3.31. The molecule has 1 atom stereocenters. The zero-order valence-corrected chi connectivity index (χ0v) is 22.3. The van der Waals surface area contributed by atoms with Gasteiger partial charge in [-0.15, -0.1) is 0 Å². The molecule has 1 saturated heterocycles. The molecule has 0 N–H and O–H groups in total. The molecular formula is C28H23N3O5S2. The highest BCUT2D eigenvalue weighted by Gasteiger charge is 2.60. The molecule has 3 heterocycles. The minimum Gasteiger partial charge on any atom is -0.461 e. The van der Waals surface area contributed by atoms with Gasteiger partial charge in [-0.1, -0.05) is 53.7 Å². The molecule has 1 amide bonds. The third-order valence-corrected chi connectivity index (χ3v) is 8.76. The predicted octanol–water partition coefficient (Wildman–Crippen LogP) is 5.59. The van der Waals surface area contributed by atoms with Crippen molar-refractivity contribution < 1.29 is 23.8 Å². The SMILES string of the molecule is CCOC(=O)C1=NN(c2ccc(C)cc2)[C@@]2(S1)S/C(=C/c1ccc3c(c1)OCO3)C(=O)N2c1ccccc1. The number of nitrogens with zero attached hydrogens (tertiary/aromatic N) is 3. The van der Waals surface area contributed by atoms with E-state index in [9.17, 15) is 9.59 Å². The summed E-state index contributed by atoms with van der Waals surface area (Å²) in [5, 5.41) is 6.61. The Labute approximate surface area is 228 Å². The zero-order valence-electron chi connectivity index (χ0n) is 20.6. The van der Waals surface area contributed by atoms with E-state index in [-0.39, 0.29) is 24.4 Å². The van der Waals surface area contributed by atoms with Crippen molar-refractivity contribution in [2.24, 2.45) is 5.10 Å². The molecule has 0 saturated carbocycles. The van der Waals surface area contributed by atoms with Gasteiger partial charge in [-0.3, -0.25) is 9.69 Å². The highest BCUT2D eigenvalue weighted by Crippen LogP contribution is 2.59. The molecule has 0 unspecified atom stereocenters. The summed E-state index contributed by atoms with van der Waals surface area (Å²) in [7, 11) is 0. The Morgan fingerprint density at radius 1 is 1.03 bits per heavy atom. The summed E-state index contributed by atoms with van der Waals surface area (Å²) < 4.78 is 15.1. The lowest BCUT2D eigenvalue weighted by molar-refractivity contribution is -0.134. The molecule has 0 aliphatic carbocycles. The third kappa shape index (κ3) is 4.19. The van der Waals surface area contributed by atoms with Gasteiger partial charge in [-0.05, 0) is 73.6 Å². The van der Waals surface area contributed by atoms with Crippen LogP contribution in [0, 0.1) is 6.92 Å². The van der Waals surface area contributed by atoms with Gasteiger partial charge in [0.2, 0.25) is 16.2 Å². The number of carbonyl (C=O) groups excluding carboxylic acids is 2. The summed E-state index contributed by atoms with van der Waals surface area (Å²) in [6, 6.07) is 22.8. The number of para-hydroxylation sites is 1. The summed E-state index contributed by atoms with van der Waals surface area (Å²) in [4.78, 5) is 29.2. The monoisotopic (exact) mass is 545 g/mol. The normalized spacial score (nSPS) is 20.9. The molecule has 38 heavy (non-hydrogen) atoms. The van der Waals surface area contributed by atoms with E-state index in [1.807, 2.05) is 85.8 Å². The Morgan fingerprint density at radius 2 is 1.79 bits per heavy atom. The minimum absolute atomic E-state index is 0.171. The highest BCUT2D eigenvalue weighted by atomic mass is 32.2. The van der Waals surface area contributed by atoms with Crippen LogP contribution in [0.15, 0.2) is 82.8 Å². The Balaban J connectivity index is 1.49. The minimum atomic E-state index is -1.13. The average Bonchev–Trinajstić information content (AvgIpc) is 3.61. The number of amides is 1. The molecule has 3 aliphatic heterocycles. The average molecular weight is 546 g/mol. The molecule has 192 valence electrons. The van der Waals surface area contributed by atoms with Crippen molar-refractivity contribution in [2.75, 3.05) is 23.3 Å². The number of benzene rings is 3. The smallest absolute Gasteiger partial charge is 0.365 e. The fourth-order valence-electron chi connectivity index (χ4n) is 4.30. The van der Waals surface area contributed by atoms with Gasteiger partial charge in [0.05, 0.1) is 17.2 Å². The summed E-state index contributed by atoms with van der Waals surface area (Å²) in [6.07, 6.45) is 1.83. The van der Waals surface area contributed by atoms with Gasteiger partial charge in [0, 0.05) is 5.69 Å². The van der Waals surface area contributed by atoms with Crippen LogP contribution in [0.3, 0.4) is 0 Å². The largest absolute Gasteiger partial charge is 0.461 e. The van der Waals surface area contributed by atoms with Crippen molar-refractivity contribution >= 4 is 57.9 Å². The van der Waals surface area contributed by atoms with Crippen molar-refractivity contribution in [3.8, 4) is 11.5 Å². The van der Waals surface area contributed by atoms with Crippen LogP contribution in [0.2, 0.25) is 0 Å². The van der Waals surface area contributed by atoms with Crippen LogP contribution >= 0.6 is 23.5 Å². The lowest BCUT2D eigenvalue weighted by Gasteiger charge is -2.38. The van der Waals surface area contributed by atoms with Crippen molar-refractivity contribution in [1.82, 2.24) is 0 Å². The number of thioether (sulfide) groups is 2. The number of ether oxygens (including phenoxy) is 3. The first-order valence-electron chi connectivity index (χ1n) is 12.0. The van der Waals surface area contributed by atoms with E-state index in [1.54, 1.807) is 16.8 Å². The number of rotatable bonds is 5. The van der Waals surface area contributed by atoms with E-state index in [2.05, 4.69) is 0 Å². The zero-order chi connectivity index (χ0) is 26.3. The van der Waals surface area contributed by atoms with E-state index in [0.29, 0.717) is 22.1 Å². The van der Waals surface area contributed by atoms with Crippen LogP contribution in [-0.2, 0) is 14.3 Å². The maximum absolute atomic E-state index is 14.1. The van der Waals surface area contributed by atoms with Crippen molar-refractivity contribution in [3.63, 3.8) is 0 Å². The second-order valence-corrected chi connectivity index (χ2v) is 11.3. The van der Waals surface area contributed by atoms with E-state index >= 15 is 0 Å². The summed E-state index contributed by atoms with van der Waals surface area (Å²) in [5.74, 6) is 0.572. The summed E-state index contributed by atoms with van der Waals surface area (Å²) >= 11 is 2.54. The van der Waals surface area contributed by atoms with Crippen molar-refractivity contribution in [3.05, 3.63) is 88.8 Å². The Hall–Kier alpha value is -3.89. The molecule has 1 spiro atoms. The van der Waals surface area contributed by atoms with Gasteiger partial charge in [-0.25, -0.2) is 9.80 Å². The molecule has 3 aliphatic rings. The van der Waals surface area contributed by atoms with Gasteiger partial charge < -0.3 is 14.2 Å². The van der Waals surface area contributed by atoms with Crippen LogP contribution in [-0.4, -0.2) is 34.6 Å². The lowest BCUT2D eigenvalue weighted by Crippen LogP contribution is -2.51. The molecule has 0 aromatic heterocycles. The number of hydrazone groups is 1. The Morgan fingerprint density at radius 3 is 2.55 bits per heavy atom. The number of hydrogen-bond donors (Lipinski definition) is 0. The van der Waals surface area contributed by atoms with Gasteiger partial charge in [0.25, 0.3) is 5.91 Å². The number of hydrogen-bond acceptors (Lipinski definition) is 9. The maximum atomic E-state index is 14.1. The van der Waals surface area contributed by atoms with Crippen molar-refractivity contribution in [1.29, 1.82) is 0 Å². The molecule has 1 fully saturated rings. The van der Waals surface area contributed by atoms with Crippen LogP contribution in [0.25, 0.3) is 6.08 Å². The van der Waals surface area contributed by atoms with Gasteiger partial charge in [0.15, 0.2) is 11.5 Å². The van der Waals surface area contributed by atoms with Crippen LogP contribution < -0.4 is 19.4 Å². The molecule has 3 aromatic carbocycles. The predicted molar refractivity (Wildman–Crippen MR) is 150 cm³/mol. The summed E-state index contributed by atoms with van der Waals surface area (Å²) in [6.45, 7) is 4.15. The first kappa shape index (κ1) is 24.4. The Kier molecular flexibility index (Phi) is 6.29. The van der Waals surface area contributed by atoms with Gasteiger partial charge in [-0.2, -0.15) is 5.10 Å². The van der Waals surface area contributed by atoms with Crippen LogP contribution in [0.1, 0.15) is 18.1 Å². The lowest BCUT2D eigenvalue weighted by atomic mass is 10.2. The first-order chi connectivity index (χ1) is 18.5. The standard InChI is InChI=1S/C28H23N3O5S2/c1-3-34-27(33)25-29-31(21-12-9-18(2)10-13-21)28(38-25)30(20-7-5-4-6-8-20)26(32)24(37-28)16-19-11-14-22-23(15-19)36-17-35-22/h4-16H,3,17H2,1-2H3/b24-16+/t28-/m1/s1. The molecule has 0 radical (unpaired) electrons. The second kappa shape index (κ2) is 9.77. The van der Waals surface area contributed by atoms with Crippen LogP contribution in [0.4, 0.5) is 11.4 Å². The number of esters is 1. The maximum Gasteiger partial charge on any atom is 0.365 e. The molecular weight excluding hydrogens is 522 g/mol. The number of carbonyl (C=O) groups is 2. The van der Waals surface area contributed by atoms with E-state index in [1.165, 1.54) is 23.5 Å². The van der Waals surface area contributed by atoms with Crippen molar-refractivity contribution in [2.45, 2.75) is 18.2 Å². The number of anilines is 2. The third-order valence-electron chi connectivity index (χ3n) is 6.06. The molecule has 10 heteroatoms. The van der Waals surface area contributed by atoms with E-state index < -0.39 is 10.3 Å². The fourth-order valence-corrected chi connectivity index (χ4v) is 7.18. The number of aryl methyl sites for hydroxylation is 1. The van der Waals surface area contributed by atoms with Crippen LogP contribution in [0.5, 0.6) is 11.5 Å². The molecule has 8 nitrogen and oxygen atoms in total. The topological polar surface area (TPSA) is 80.7 Å². The fraction of sp³-hybridized carbons (Fsp3) is 0.179. The molecule has 3 aromatic rings. The Bertz CT molecular complexity index is 1480. The highest BCUT2D eigenvalue weighted by molar-refractivity contribution is 8.29. The van der Waals surface area contributed by atoms with Gasteiger partial charge >= 0.3 is 5.97 Å². The first-order valence-corrected chi connectivity index (χ1v) is 13.6.